The van der Waals surface area contributed by atoms with E-state index in [4.69, 9.17) is 0 Å². The molecule has 0 unspecified atom stereocenters. The summed E-state index contributed by atoms with van der Waals surface area (Å²) in [4.78, 5) is 28.6. The van der Waals surface area contributed by atoms with Crippen LogP contribution in [0, 0.1) is 6.92 Å². The van der Waals surface area contributed by atoms with Crippen molar-refractivity contribution in [1.82, 2.24) is 14.7 Å². The number of amides is 2. The van der Waals surface area contributed by atoms with E-state index in [0.717, 1.165) is 11.2 Å². The number of fused-ring (bicyclic) bond motifs is 1. The Morgan fingerprint density at radius 1 is 1.12 bits per heavy atom. The van der Waals surface area contributed by atoms with E-state index in [1.165, 1.54) is 0 Å². The van der Waals surface area contributed by atoms with Crippen LogP contribution in [0.25, 0.3) is 5.65 Å². The Morgan fingerprint density at radius 3 is 2.71 bits per heavy atom. The van der Waals surface area contributed by atoms with Gasteiger partial charge in [-0.1, -0.05) is 6.07 Å². The second-order valence-corrected chi connectivity index (χ2v) is 5.45. The Bertz CT molecular complexity index is 914. The molecular formula is C18H18N4O2. The first-order chi connectivity index (χ1) is 11.6. The number of anilines is 1. The molecule has 2 N–H and O–H groups in total. The van der Waals surface area contributed by atoms with E-state index in [1.807, 2.05) is 19.9 Å². The van der Waals surface area contributed by atoms with Crippen molar-refractivity contribution in [1.29, 1.82) is 0 Å². The van der Waals surface area contributed by atoms with Crippen LogP contribution in [0.1, 0.15) is 33.2 Å². The molecule has 0 aliphatic heterocycles. The van der Waals surface area contributed by atoms with Crippen LogP contribution >= 0.6 is 0 Å². The number of hydrogen-bond donors (Lipinski definition) is 2. The van der Waals surface area contributed by atoms with Gasteiger partial charge in [-0.3, -0.25) is 9.59 Å². The predicted molar refractivity (Wildman–Crippen MR) is 92.3 cm³/mol. The zero-order chi connectivity index (χ0) is 17.1. The number of benzene rings is 1. The first kappa shape index (κ1) is 15.7. The maximum Gasteiger partial charge on any atom is 0.257 e. The number of aromatic nitrogens is 2. The van der Waals surface area contributed by atoms with Crippen molar-refractivity contribution in [3.8, 4) is 0 Å². The van der Waals surface area contributed by atoms with Crippen molar-refractivity contribution in [3.05, 3.63) is 65.6 Å². The quantitative estimate of drug-likeness (QED) is 0.775. The first-order valence-corrected chi connectivity index (χ1v) is 7.71. The highest BCUT2D eigenvalue weighted by Crippen LogP contribution is 2.18. The third-order valence-corrected chi connectivity index (χ3v) is 3.74. The van der Waals surface area contributed by atoms with Gasteiger partial charge in [-0.15, -0.1) is 0 Å². The minimum absolute atomic E-state index is 0.159. The molecule has 2 amide bonds. The summed E-state index contributed by atoms with van der Waals surface area (Å²) in [6, 6.07) is 8.76. The van der Waals surface area contributed by atoms with Crippen LogP contribution in [0.3, 0.4) is 0 Å². The van der Waals surface area contributed by atoms with Crippen molar-refractivity contribution in [2.75, 3.05) is 11.9 Å². The Hall–Kier alpha value is -3.15. The van der Waals surface area contributed by atoms with Gasteiger partial charge in [0.15, 0.2) is 0 Å². The van der Waals surface area contributed by atoms with Crippen LogP contribution in [0.4, 0.5) is 5.69 Å². The van der Waals surface area contributed by atoms with Crippen LogP contribution < -0.4 is 10.6 Å². The lowest BCUT2D eigenvalue weighted by Gasteiger charge is -2.11. The summed E-state index contributed by atoms with van der Waals surface area (Å²) >= 11 is 0. The maximum absolute atomic E-state index is 12.5. The van der Waals surface area contributed by atoms with Crippen molar-refractivity contribution >= 4 is 23.1 Å². The predicted octanol–water partition coefficient (Wildman–Crippen LogP) is 2.64. The number of carbonyl (C=O) groups is 2. The van der Waals surface area contributed by atoms with Crippen molar-refractivity contribution in [3.63, 3.8) is 0 Å². The number of pyridine rings is 1. The summed E-state index contributed by atoms with van der Waals surface area (Å²) in [5, 5.41) is 5.62. The Morgan fingerprint density at radius 2 is 1.92 bits per heavy atom. The molecule has 0 bridgehead atoms. The van der Waals surface area contributed by atoms with Crippen molar-refractivity contribution < 1.29 is 9.59 Å². The molecule has 0 fully saturated rings. The highest BCUT2D eigenvalue weighted by atomic mass is 16.2. The average molecular weight is 322 g/mol. The van der Waals surface area contributed by atoms with Gasteiger partial charge in [0.25, 0.3) is 11.8 Å². The largest absolute Gasteiger partial charge is 0.352 e. The zero-order valence-corrected chi connectivity index (χ0v) is 13.5. The number of carbonyl (C=O) groups excluding carboxylic acids is 2. The smallest absolute Gasteiger partial charge is 0.257 e. The molecule has 122 valence electrons. The highest BCUT2D eigenvalue weighted by Gasteiger charge is 2.11. The molecule has 6 heteroatoms. The van der Waals surface area contributed by atoms with Gasteiger partial charge in [-0.2, -0.15) is 0 Å². The van der Waals surface area contributed by atoms with Gasteiger partial charge in [0.05, 0.1) is 5.56 Å². The molecule has 0 aliphatic carbocycles. The summed E-state index contributed by atoms with van der Waals surface area (Å²) in [6.07, 6.45) is 5.19. The van der Waals surface area contributed by atoms with Gasteiger partial charge < -0.3 is 15.0 Å². The fraction of sp³-hybridized carbons (Fsp3) is 0.167. The van der Waals surface area contributed by atoms with Gasteiger partial charge in [0.1, 0.15) is 5.65 Å². The maximum atomic E-state index is 12.5. The Labute approximate surface area is 139 Å². The normalized spacial score (nSPS) is 10.6. The van der Waals surface area contributed by atoms with Crippen LogP contribution in [-0.4, -0.2) is 27.7 Å². The second kappa shape index (κ2) is 6.54. The second-order valence-electron chi connectivity index (χ2n) is 5.45. The first-order valence-electron chi connectivity index (χ1n) is 7.71. The number of aryl methyl sites for hydroxylation is 1. The highest BCUT2D eigenvalue weighted by molar-refractivity contribution is 6.05. The molecule has 0 radical (unpaired) electrons. The molecule has 3 rings (SSSR count). The molecule has 0 saturated carbocycles. The van der Waals surface area contributed by atoms with E-state index >= 15 is 0 Å². The summed E-state index contributed by atoms with van der Waals surface area (Å²) in [5.41, 5.74) is 3.32. The lowest BCUT2D eigenvalue weighted by molar-refractivity contribution is 0.0954. The Balaban J connectivity index is 1.85. The summed E-state index contributed by atoms with van der Waals surface area (Å²) in [7, 11) is 0. The molecule has 0 spiro atoms. The average Bonchev–Trinajstić information content (AvgIpc) is 3.04. The lowest BCUT2D eigenvalue weighted by Crippen LogP contribution is -2.23. The van der Waals surface area contributed by atoms with Gasteiger partial charge in [0.2, 0.25) is 0 Å². The minimum atomic E-state index is -0.234. The van der Waals surface area contributed by atoms with E-state index in [9.17, 15) is 9.59 Å². The van der Waals surface area contributed by atoms with Crippen molar-refractivity contribution in [2.24, 2.45) is 0 Å². The molecule has 3 aromatic rings. The monoisotopic (exact) mass is 322 g/mol. The van der Waals surface area contributed by atoms with E-state index in [2.05, 4.69) is 15.6 Å². The van der Waals surface area contributed by atoms with Crippen LogP contribution in [-0.2, 0) is 0 Å². The number of hydrogen-bond acceptors (Lipinski definition) is 3. The number of nitrogens with one attached hydrogen (secondary N) is 2. The summed E-state index contributed by atoms with van der Waals surface area (Å²) in [6.45, 7) is 4.30. The topological polar surface area (TPSA) is 75.5 Å². The van der Waals surface area contributed by atoms with Gasteiger partial charge >= 0.3 is 0 Å². The fourth-order valence-corrected chi connectivity index (χ4v) is 2.41. The molecule has 2 aromatic heterocycles. The lowest BCUT2D eigenvalue weighted by atomic mass is 10.1. The zero-order valence-electron chi connectivity index (χ0n) is 13.5. The van der Waals surface area contributed by atoms with Crippen LogP contribution in [0.15, 0.2) is 48.9 Å². The molecule has 2 heterocycles. The van der Waals surface area contributed by atoms with E-state index in [1.54, 1.807) is 47.3 Å². The summed E-state index contributed by atoms with van der Waals surface area (Å²) in [5.74, 6) is -0.394. The molecule has 0 atom stereocenters. The number of rotatable bonds is 4. The van der Waals surface area contributed by atoms with Gasteiger partial charge in [-0.25, -0.2) is 4.98 Å². The van der Waals surface area contributed by atoms with Gasteiger partial charge in [-0.05, 0) is 43.7 Å². The molecular weight excluding hydrogens is 304 g/mol. The molecule has 1 aromatic carbocycles. The van der Waals surface area contributed by atoms with E-state index in [0.29, 0.717) is 23.4 Å². The number of imidazole rings is 1. The van der Waals surface area contributed by atoms with Crippen LogP contribution in [0.5, 0.6) is 0 Å². The summed E-state index contributed by atoms with van der Waals surface area (Å²) < 4.78 is 1.78. The molecule has 0 aliphatic rings. The minimum Gasteiger partial charge on any atom is -0.352 e. The van der Waals surface area contributed by atoms with E-state index in [-0.39, 0.29) is 11.8 Å². The van der Waals surface area contributed by atoms with Crippen LogP contribution in [0.2, 0.25) is 0 Å². The SMILES string of the molecule is CCNC(=O)c1ccc(C)c(NC(=O)c2ccc3nccn3c2)c1. The third kappa shape index (κ3) is 3.12. The molecule has 0 saturated heterocycles. The van der Waals surface area contributed by atoms with Gasteiger partial charge in [0, 0.05) is 36.4 Å². The third-order valence-electron chi connectivity index (χ3n) is 3.74. The fourth-order valence-electron chi connectivity index (χ4n) is 2.41. The molecule has 24 heavy (non-hydrogen) atoms. The van der Waals surface area contributed by atoms with E-state index < -0.39 is 0 Å². The standard InChI is InChI=1S/C18H18N4O2/c1-3-19-17(23)13-5-4-12(2)15(10-13)21-18(24)14-6-7-16-20-8-9-22(16)11-14/h4-11H,3H2,1-2H3,(H,19,23)(H,21,24). The molecule has 6 nitrogen and oxygen atoms in total. The Kier molecular flexibility index (Phi) is 4.29. The number of nitrogens with zero attached hydrogens (tertiary/aromatic N) is 2. The van der Waals surface area contributed by atoms with Crippen molar-refractivity contribution in [2.45, 2.75) is 13.8 Å².